The van der Waals surface area contributed by atoms with Crippen LogP contribution in [0.25, 0.3) is 0 Å². The highest BCUT2D eigenvalue weighted by Gasteiger charge is 2.59. The van der Waals surface area contributed by atoms with Crippen LogP contribution in [0.3, 0.4) is 0 Å². The van der Waals surface area contributed by atoms with Gasteiger partial charge in [-0.05, 0) is 128 Å². The Balaban J connectivity index is 0.944. The molecule has 15 atom stereocenters. The zero-order chi connectivity index (χ0) is 78.6. The normalized spacial score (nSPS) is 23.1. The van der Waals surface area contributed by atoms with Gasteiger partial charge in [-0.3, -0.25) is 0 Å². The Bertz CT molecular complexity index is 4850. The molecule has 576 valence electrons. The van der Waals surface area contributed by atoms with Gasteiger partial charge < -0.3 is 71.4 Å². The Hall–Kier alpha value is -12.5. The van der Waals surface area contributed by atoms with Crippen LogP contribution >= 0.6 is 11.8 Å². The van der Waals surface area contributed by atoms with Crippen molar-refractivity contribution in [1.82, 2.24) is 0 Å². The predicted molar refractivity (Wildman–Crippen MR) is 403 cm³/mol. The lowest BCUT2D eigenvalue weighted by molar-refractivity contribution is -0.332. The Morgan fingerprint density at radius 2 is 0.478 bits per heavy atom. The van der Waals surface area contributed by atoms with Crippen LogP contribution < -0.4 is 0 Å². The van der Waals surface area contributed by atoms with Gasteiger partial charge in [0.2, 0.25) is 0 Å². The maximum absolute atomic E-state index is 15.1. The Morgan fingerprint density at radius 3 is 0.743 bits per heavy atom. The van der Waals surface area contributed by atoms with E-state index in [-0.39, 0.29) is 50.1 Å². The fourth-order valence-electron chi connectivity index (χ4n) is 12.6. The molecule has 3 saturated heterocycles. The molecule has 10 aromatic rings. The molecule has 25 heteroatoms. The third-order valence-electron chi connectivity index (χ3n) is 18.3. The minimum absolute atomic E-state index is 0.00325. The van der Waals surface area contributed by atoms with Crippen LogP contribution in [0.5, 0.6) is 0 Å². The van der Waals surface area contributed by atoms with Crippen LogP contribution in [-0.2, 0) is 66.3 Å². The first-order valence-corrected chi connectivity index (χ1v) is 36.9. The summed E-state index contributed by atoms with van der Waals surface area (Å²) in [5, 5.41) is 11.4. The molecule has 0 amide bonds. The number of hydrogen-bond donors (Lipinski definition) is 1. The van der Waals surface area contributed by atoms with Crippen molar-refractivity contribution in [1.29, 1.82) is 0 Å². The number of aliphatic hydroxyl groups excluding tert-OH is 1. The largest absolute Gasteiger partial charge is 0.452 e. The third kappa shape index (κ3) is 20.0. The number of aryl methyl sites for hydroxylation is 1. The molecule has 0 bridgehead atoms. The number of carbonyl (C=O) groups is 9. The van der Waals surface area contributed by atoms with Gasteiger partial charge in [0.25, 0.3) is 0 Å². The second kappa shape index (κ2) is 38.0. The molecule has 0 radical (unpaired) electrons. The monoisotopic (exact) mass is 1550 g/mol. The fraction of sp³-hybridized carbons (Fsp3) is 0.216. The Morgan fingerprint density at radius 1 is 0.265 bits per heavy atom. The van der Waals surface area contributed by atoms with Crippen molar-refractivity contribution in [3.05, 3.63) is 353 Å². The Kier molecular flexibility index (Phi) is 26.4. The molecule has 0 saturated carbocycles. The number of benzene rings is 10. The molecular weight excluding hydrogens is 1470 g/mol. The van der Waals surface area contributed by atoms with Crippen LogP contribution in [0, 0.1) is 6.92 Å². The molecule has 3 aliphatic rings. The van der Waals surface area contributed by atoms with E-state index in [9.17, 15) is 43.5 Å². The molecule has 13 rings (SSSR count). The summed E-state index contributed by atoms with van der Waals surface area (Å²) in [5.41, 5.74) is -0.462. The van der Waals surface area contributed by atoms with Gasteiger partial charge in [0.05, 0.1) is 69.9 Å². The number of carbonyl (C=O) groups excluding carboxylic acids is 9. The summed E-state index contributed by atoms with van der Waals surface area (Å²) in [6.45, 7) is -0.852. The zero-order valence-electron chi connectivity index (χ0n) is 60.3. The second-order valence-corrected chi connectivity index (χ2v) is 27.2. The minimum Gasteiger partial charge on any atom is -0.452 e. The van der Waals surface area contributed by atoms with Crippen molar-refractivity contribution >= 4 is 65.5 Å². The minimum atomic E-state index is -2.08. The number of rotatable bonds is 27. The first kappa shape index (κ1) is 78.7. The summed E-state index contributed by atoms with van der Waals surface area (Å²) in [6.07, 6.45) is -26.2. The summed E-state index contributed by atoms with van der Waals surface area (Å²) in [5.74, 6) is -9.00. The van der Waals surface area contributed by atoms with E-state index < -0.39 is 165 Å². The highest BCUT2D eigenvalue weighted by atomic mass is 32.2. The molecule has 10 aromatic carbocycles. The van der Waals surface area contributed by atoms with E-state index in [0.717, 1.165) is 17.3 Å². The summed E-state index contributed by atoms with van der Waals surface area (Å²) >= 11 is 1.05. The van der Waals surface area contributed by atoms with E-state index >= 15 is 4.79 Å². The lowest BCUT2D eigenvalue weighted by atomic mass is 9.96. The van der Waals surface area contributed by atoms with E-state index in [0.29, 0.717) is 4.90 Å². The van der Waals surface area contributed by atoms with Gasteiger partial charge in [-0.15, -0.1) is 0 Å². The first-order chi connectivity index (χ1) is 55.1. The topological polar surface area (TPSA) is 303 Å². The summed E-state index contributed by atoms with van der Waals surface area (Å²) in [4.78, 5) is 133. The number of aliphatic hydroxyl groups is 1. The molecule has 0 aromatic heterocycles. The van der Waals surface area contributed by atoms with Gasteiger partial charge in [-0.25, -0.2) is 43.2 Å². The van der Waals surface area contributed by atoms with Gasteiger partial charge in [0, 0.05) is 4.90 Å². The maximum atomic E-state index is 15.1. The smallest absolute Gasteiger partial charge is 0.338 e. The zero-order valence-corrected chi connectivity index (χ0v) is 61.1. The average molecular weight is 1550 g/mol. The van der Waals surface area contributed by atoms with Crippen LogP contribution in [0.4, 0.5) is 0 Å². The molecule has 0 spiro atoms. The van der Waals surface area contributed by atoms with Crippen LogP contribution in [-0.4, -0.2) is 170 Å². The highest BCUT2D eigenvalue weighted by Crippen LogP contribution is 2.41. The van der Waals surface area contributed by atoms with Gasteiger partial charge in [-0.1, -0.05) is 193 Å². The fourth-order valence-corrected chi connectivity index (χ4v) is 13.7. The van der Waals surface area contributed by atoms with Crippen LogP contribution in [0.15, 0.2) is 302 Å². The average Bonchev–Trinajstić information content (AvgIpc) is 0.773. The maximum Gasteiger partial charge on any atom is 0.338 e. The van der Waals surface area contributed by atoms with Crippen molar-refractivity contribution in [2.75, 3.05) is 19.8 Å². The van der Waals surface area contributed by atoms with Gasteiger partial charge >= 0.3 is 53.7 Å². The summed E-state index contributed by atoms with van der Waals surface area (Å²) in [6, 6.07) is 76.7. The number of thioether (sulfide) groups is 1. The standard InChI is InChI=1S/C88H74O24S/c1-54-47-49-64(50-48-54)113-88-76(112-85(98)63-45-27-10-28-46-63)73(109-82(95)60-39-21-7-22-40-60)70(106-79(92)57-33-15-4-16-34-57)67(103-88)53-100-87-75(111-84(97)62-43-25-9-26-44-62)72(108-81(94)59-37-19-6-20-38-59)69(105-78(91)56-31-13-3-14-32-56)66(102-87)52-99-86-74(110-83(96)61-41-23-8-24-42-61)71(107-80(93)58-35-17-5-18-36-58)68(65(51-89)101-86)104-77(90)55-29-11-2-12-30-55/h2-50,65-76,86-89H,51-53H2,1H3/t65-,66-,67-,68-,69-,70-,71+,72+,73+,74+,75+,76+,86+,87+,88-/m1/s1. The van der Waals surface area contributed by atoms with Crippen molar-refractivity contribution in [2.24, 2.45) is 0 Å². The SMILES string of the molecule is Cc1ccc(S[C@H]2O[C@H](CO[C@H]3O[C@H](CO[C@H]4O[C@H](CO)[C@@H](OC(=O)c5ccccc5)[C@H](OC(=O)c5ccccc5)[C@@H]4OC(=O)c4ccccc4)[C@@H](OC(=O)c4ccccc4)[C@H](OC(=O)c4ccccc4)[C@@H]3OC(=O)c3ccccc3)[C@@H](OC(=O)c3ccccc3)[C@H](OC(=O)c3ccccc3)[C@@H]2OC(=O)c2ccccc2)cc1. The quantitative estimate of drug-likeness (QED) is 0.0369. The molecule has 3 aliphatic heterocycles. The molecule has 3 heterocycles. The molecule has 0 aliphatic carbocycles. The van der Waals surface area contributed by atoms with Crippen molar-refractivity contribution in [2.45, 2.75) is 103 Å². The Labute approximate surface area is 652 Å². The van der Waals surface area contributed by atoms with Crippen LogP contribution in [0.1, 0.15) is 98.8 Å². The van der Waals surface area contributed by atoms with Gasteiger partial charge in [0.15, 0.2) is 67.5 Å². The van der Waals surface area contributed by atoms with Gasteiger partial charge in [-0.2, -0.15) is 0 Å². The molecule has 3 fully saturated rings. The van der Waals surface area contributed by atoms with E-state index in [1.807, 2.05) is 19.1 Å². The van der Waals surface area contributed by atoms with E-state index in [4.69, 9.17) is 66.3 Å². The van der Waals surface area contributed by atoms with E-state index in [1.165, 1.54) is 109 Å². The molecule has 0 unspecified atom stereocenters. The van der Waals surface area contributed by atoms with E-state index in [1.54, 1.807) is 176 Å². The summed E-state index contributed by atoms with van der Waals surface area (Å²) < 4.78 is 91.8. The number of esters is 9. The molecule has 113 heavy (non-hydrogen) atoms. The lowest BCUT2D eigenvalue weighted by Crippen LogP contribution is -2.65. The lowest BCUT2D eigenvalue weighted by Gasteiger charge is -2.47. The van der Waals surface area contributed by atoms with Crippen molar-refractivity contribution < 1.29 is 115 Å². The number of hydrogen-bond acceptors (Lipinski definition) is 25. The molecular formula is C88H74O24S. The highest BCUT2D eigenvalue weighted by molar-refractivity contribution is 7.99. The number of ether oxygens (including phenoxy) is 14. The predicted octanol–water partition coefficient (Wildman–Crippen LogP) is 12.3. The van der Waals surface area contributed by atoms with E-state index in [2.05, 4.69) is 0 Å². The van der Waals surface area contributed by atoms with Gasteiger partial charge in [0.1, 0.15) is 23.7 Å². The second-order valence-electron chi connectivity index (χ2n) is 26.0. The third-order valence-corrected chi connectivity index (χ3v) is 19.5. The summed E-state index contributed by atoms with van der Waals surface area (Å²) in [7, 11) is 0. The first-order valence-electron chi connectivity index (χ1n) is 36.0. The van der Waals surface area contributed by atoms with Crippen molar-refractivity contribution in [3.63, 3.8) is 0 Å². The van der Waals surface area contributed by atoms with Crippen LogP contribution in [0.2, 0.25) is 0 Å². The van der Waals surface area contributed by atoms with Crippen molar-refractivity contribution in [3.8, 4) is 0 Å². The molecule has 1 N–H and O–H groups in total. The molecule has 24 nitrogen and oxygen atoms in total.